The zero-order valence-electron chi connectivity index (χ0n) is 28.9. The largest absolute Gasteiger partial charge is 0.464 e. The number of rotatable bonds is 16. The van der Waals surface area contributed by atoms with E-state index in [0.717, 1.165) is 59.9 Å². The SMILES string of the molecule is COC(=O)C1(Oc2ccc(NC(=O)CCC(C)=O)cc2C(F)F)CC(OC(C)=O)C(NC(C)=O)C(C(OC(C)=O)C(COC(C)=O)OC(C)=O)O1. The van der Waals surface area contributed by atoms with Gasteiger partial charge in [-0.25, -0.2) is 13.6 Å². The highest BCUT2D eigenvalue weighted by atomic mass is 19.3. The first-order valence-electron chi connectivity index (χ1n) is 15.4. The van der Waals surface area contributed by atoms with Gasteiger partial charge in [0.25, 0.3) is 6.43 Å². The molecule has 1 aliphatic heterocycles. The smallest absolute Gasteiger partial charge is 0.379 e. The van der Waals surface area contributed by atoms with E-state index in [2.05, 4.69) is 10.6 Å². The van der Waals surface area contributed by atoms with Gasteiger partial charge in [-0.1, -0.05) is 0 Å². The number of carbonyl (C=O) groups is 8. The highest BCUT2D eigenvalue weighted by Crippen LogP contribution is 2.41. The van der Waals surface area contributed by atoms with E-state index in [1.165, 1.54) is 6.92 Å². The fourth-order valence-corrected chi connectivity index (χ4v) is 5.08. The Balaban J connectivity index is 2.81. The monoisotopic (exact) mass is 730 g/mol. The molecule has 1 aromatic carbocycles. The zero-order chi connectivity index (χ0) is 38.6. The molecule has 6 unspecified atom stereocenters. The summed E-state index contributed by atoms with van der Waals surface area (Å²) in [6, 6.07) is 1.45. The minimum Gasteiger partial charge on any atom is -0.464 e. The van der Waals surface area contributed by atoms with E-state index in [4.69, 9.17) is 33.2 Å². The molecule has 2 amide bonds. The van der Waals surface area contributed by atoms with Crippen LogP contribution in [0.1, 0.15) is 72.8 Å². The lowest BCUT2D eigenvalue weighted by molar-refractivity contribution is -0.289. The molecule has 1 aromatic rings. The van der Waals surface area contributed by atoms with E-state index >= 15 is 0 Å². The van der Waals surface area contributed by atoms with Crippen molar-refractivity contribution in [3.05, 3.63) is 23.8 Å². The Morgan fingerprint density at radius 3 is 2.06 bits per heavy atom. The van der Waals surface area contributed by atoms with E-state index in [0.29, 0.717) is 0 Å². The summed E-state index contributed by atoms with van der Waals surface area (Å²) in [5, 5.41) is 4.86. The summed E-state index contributed by atoms with van der Waals surface area (Å²) in [6.07, 6.45) is -11.5. The van der Waals surface area contributed by atoms with Crippen LogP contribution >= 0.6 is 0 Å². The Morgan fingerprint density at radius 1 is 0.902 bits per heavy atom. The van der Waals surface area contributed by atoms with Crippen LogP contribution in [0.2, 0.25) is 0 Å². The van der Waals surface area contributed by atoms with Crippen molar-refractivity contribution in [1.29, 1.82) is 0 Å². The van der Waals surface area contributed by atoms with E-state index < -0.39 is 109 Å². The summed E-state index contributed by atoms with van der Waals surface area (Å²) < 4.78 is 67.0. The van der Waals surface area contributed by atoms with Crippen LogP contribution in [0.3, 0.4) is 0 Å². The first-order chi connectivity index (χ1) is 23.8. The number of anilines is 1. The third-order valence-electron chi connectivity index (χ3n) is 7.00. The summed E-state index contributed by atoms with van der Waals surface area (Å²) >= 11 is 0. The lowest BCUT2D eigenvalue weighted by atomic mass is 9.88. The number of hydrogen-bond acceptors (Lipinski definition) is 15. The van der Waals surface area contributed by atoms with Gasteiger partial charge in [0.05, 0.1) is 25.1 Å². The number of Topliss-reactive ketones (excluding diaryl/α,β-unsaturated/α-hetero) is 1. The summed E-state index contributed by atoms with van der Waals surface area (Å²) in [6.45, 7) is 5.53. The predicted octanol–water partition coefficient (Wildman–Crippen LogP) is 1.83. The highest BCUT2D eigenvalue weighted by molar-refractivity contribution is 5.93. The van der Waals surface area contributed by atoms with Gasteiger partial charge in [-0.05, 0) is 25.1 Å². The van der Waals surface area contributed by atoms with E-state index in [9.17, 15) is 47.1 Å². The van der Waals surface area contributed by atoms with Gasteiger partial charge >= 0.3 is 35.6 Å². The van der Waals surface area contributed by atoms with Crippen molar-refractivity contribution in [1.82, 2.24) is 5.32 Å². The van der Waals surface area contributed by atoms with Gasteiger partial charge in [0, 0.05) is 53.1 Å². The Kier molecular flexibility index (Phi) is 15.4. The summed E-state index contributed by atoms with van der Waals surface area (Å²) in [4.78, 5) is 98.1. The average Bonchev–Trinajstić information content (AvgIpc) is 3.01. The van der Waals surface area contributed by atoms with Crippen LogP contribution in [0, 0.1) is 0 Å². The number of ether oxygens (including phenoxy) is 7. The summed E-state index contributed by atoms with van der Waals surface area (Å²) in [5.74, 6) is -10.3. The number of benzene rings is 1. The molecule has 0 aromatic heterocycles. The maximum Gasteiger partial charge on any atom is 0.379 e. The number of halogens is 2. The van der Waals surface area contributed by atoms with Crippen LogP contribution in [0.15, 0.2) is 18.2 Å². The van der Waals surface area contributed by atoms with Crippen LogP contribution in [0.5, 0.6) is 5.75 Å². The second kappa shape index (κ2) is 18.7. The number of ketones is 1. The molecule has 17 nitrogen and oxygen atoms in total. The first kappa shape index (κ1) is 42.0. The van der Waals surface area contributed by atoms with E-state index in [1.807, 2.05) is 0 Å². The average molecular weight is 731 g/mol. The maximum atomic E-state index is 14.5. The van der Waals surface area contributed by atoms with Gasteiger partial charge in [0.15, 0.2) is 12.2 Å². The highest BCUT2D eigenvalue weighted by Gasteiger charge is 2.60. The molecule has 1 heterocycles. The molecule has 1 saturated heterocycles. The quantitative estimate of drug-likeness (QED) is 0.183. The van der Waals surface area contributed by atoms with Crippen LogP contribution in [0.25, 0.3) is 0 Å². The Bertz CT molecular complexity index is 1500. The number of methoxy groups -OCH3 is 1. The minimum absolute atomic E-state index is 0.0919. The van der Waals surface area contributed by atoms with Gasteiger partial charge in [-0.3, -0.25) is 28.8 Å². The van der Waals surface area contributed by atoms with Gasteiger partial charge in [-0.15, -0.1) is 0 Å². The number of amides is 2. The molecule has 19 heteroatoms. The second-order valence-electron chi connectivity index (χ2n) is 11.3. The Morgan fingerprint density at radius 2 is 1.55 bits per heavy atom. The van der Waals surface area contributed by atoms with Crippen LogP contribution in [-0.2, 0) is 66.8 Å². The molecule has 282 valence electrons. The van der Waals surface area contributed by atoms with E-state index in [-0.39, 0.29) is 24.3 Å². The fourth-order valence-electron chi connectivity index (χ4n) is 5.08. The fraction of sp³-hybridized carbons (Fsp3) is 0.562. The van der Waals surface area contributed by atoms with Gasteiger partial charge < -0.3 is 48.6 Å². The third-order valence-corrected chi connectivity index (χ3v) is 7.00. The molecule has 0 bridgehead atoms. The molecule has 0 radical (unpaired) electrons. The lowest BCUT2D eigenvalue weighted by Gasteiger charge is -2.48. The third kappa shape index (κ3) is 12.6. The molecule has 6 atom stereocenters. The van der Waals surface area contributed by atoms with Crippen LogP contribution in [0.4, 0.5) is 14.5 Å². The molecule has 0 aliphatic carbocycles. The van der Waals surface area contributed by atoms with Crippen molar-refractivity contribution < 1.29 is 80.3 Å². The van der Waals surface area contributed by atoms with Gasteiger partial charge in [-0.2, -0.15) is 0 Å². The number of hydrogen-bond donors (Lipinski definition) is 2. The molecular formula is C32H40F2N2O15. The number of alkyl halides is 2. The van der Waals surface area contributed by atoms with Crippen molar-refractivity contribution in [3.8, 4) is 5.75 Å². The molecule has 51 heavy (non-hydrogen) atoms. The Labute approximate surface area is 290 Å². The van der Waals surface area contributed by atoms with Crippen molar-refractivity contribution >= 4 is 53.1 Å². The molecule has 1 aliphatic rings. The minimum atomic E-state index is -3.29. The second-order valence-corrected chi connectivity index (χ2v) is 11.3. The molecule has 0 saturated carbocycles. The summed E-state index contributed by atoms with van der Waals surface area (Å²) in [5.41, 5.74) is -0.978. The molecule has 2 N–H and O–H groups in total. The molecular weight excluding hydrogens is 690 g/mol. The predicted molar refractivity (Wildman–Crippen MR) is 166 cm³/mol. The maximum absolute atomic E-state index is 14.5. The number of carbonyl (C=O) groups excluding carboxylic acids is 8. The lowest BCUT2D eigenvalue weighted by Crippen LogP contribution is -2.70. The number of nitrogens with one attached hydrogen (secondary N) is 2. The zero-order valence-corrected chi connectivity index (χ0v) is 28.9. The summed E-state index contributed by atoms with van der Waals surface area (Å²) in [7, 11) is 0.895. The van der Waals surface area contributed by atoms with Crippen molar-refractivity contribution in [2.75, 3.05) is 19.0 Å². The number of esters is 5. The molecule has 0 spiro atoms. The van der Waals surface area contributed by atoms with Crippen LogP contribution in [-0.4, -0.2) is 97.4 Å². The van der Waals surface area contributed by atoms with Gasteiger partial charge in [0.1, 0.15) is 30.3 Å². The van der Waals surface area contributed by atoms with Crippen molar-refractivity contribution in [3.63, 3.8) is 0 Å². The molecule has 2 rings (SSSR count). The van der Waals surface area contributed by atoms with Crippen molar-refractivity contribution in [2.24, 2.45) is 0 Å². The van der Waals surface area contributed by atoms with E-state index in [1.54, 1.807) is 0 Å². The van der Waals surface area contributed by atoms with Gasteiger partial charge in [0.2, 0.25) is 11.8 Å². The normalized spacial score (nSPS) is 20.9. The van der Waals surface area contributed by atoms with Crippen molar-refractivity contribution in [2.45, 2.75) is 103 Å². The Hall–Kier alpha value is -5.20. The standard InChI is InChI=1S/C32H40F2N2O15/c1-15(37)8-11-26(43)36-21-9-10-23(22(12-21)30(33)34)50-32(31(44)45-7)13-24(47-18(4)40)27(35-16(2)38)29(51-32)28(49-20(6)42)25(48-19(5)41)14-46-17(3)39/h9-10,12,24-25,27-30H,8,11,13-14H2,1-7H3,(H,35,38)(H,36,43). The topological polar surface area (TPSA) is 225 Å². The molecule has 1 fully saturated rings. The first-order valence-corrected chi connectivity index (χ1v) is 15.4. The van der Waals surface area contributed by atoms with Crippen LogP contribution < -0.4 is 15.4 Å².